The van der Waals surface area contributed by atoms with Crippen molar-refractivity contribution in [1.29, 1.82) is 0 Å². The van der Waals surface area contributed by atoms with Crippen LogP contribution in [0.3, 0.4) is 0 Å². The standard InChI is InChI=1S/C19H17NO2/c1-3-13-19(15-9-5-4-6-10-15)18(22)16-11-7-8-12-17(16)20(19)14(2)21/h3-12H,1,13H2,2H3. The molecule has 0 aliphatic carbocycles. The summed E-state index contributed by atoms with van der Waals surface area (Å²) in [5.74, 6) is -0.201. The second-order valence-corrected chi connectivity index (χ2v) is 5.42. The molecule has 3 heteroatoms. The van der Waals surface area contributed by atoms with Gasteiger partial charge in [0, 0.05) is 18.9 Å². The van der Waals surface area contributed by atoms with Gasteiger partial charge in [-0.25, -0.2) is 0 Å². The molecule has 0 spiro atoms. The van der Waals surface area contributed by atoms with Crippen LogP contribution < -0.4 is 4.90 Å². The minimum absolute atomic E-state index is 0.0515. The third-order valence-corrected chi connectivity index (χ3v) is 4.15. The second-order valence-electron chi connectivity index (χ2n) is 5.42. The average molecular weight is 291 g/mol. The highest BCUT2D eigenvalue weighted by molar-refractivity contribution is 6.20. The number of nitrogens with zero attached hydrogens (tertiary/aromatic N) is 1. The van der Waals surface area contributed by atoms with E-state index in [1.165, 1.54) is 6.92 Å². The van der Waals surface area contributed by atoms with E-state index in [-0.39, 0.29) is 11.7 Å². The lowest BCUT2D eigenvalue weighted by Crippen LogP contribution is -2.49. The third kappa shape index (κ3) is 1.82. The van der Waals surface area contributed by atoms with Gasteiger partial charge in [0.15, 0.2) is 5.78 Å². The number of anilines is 1. The van der Waals surface area contributed by atoms with E-state index in [2.05, 4.69) is 6.58 Å². The molecule has 0 aromatic heterocycles. The first kappa shape index (κ1) is 14.3. The number of Topliss-reactive ketones (excluding diaryl/α,β-unsaturated/α-hetero) is 1. The van der Waals surface area contributed by atoms with Gasteiger partial charge in [-0.1, -0.05) is 48.5 Å². The van der Waals surface area contributed by atoms with E-state index in [9.17, 15) is 9.59 Å². The maximum Gasteiger partial charge on any atom is 0.225 e. The quantitative estimate of drug-likeness (QED) is 0.808. The summed E-state index contributed by atoms with van der Waals surface area (Å²) in [4.78, 5) is 27.2. The predicted octanol–water partition coefficient (Wildman–Crippen LogP) is 3.71. The zero-order valence-corrected chi connectivity index (χ0v) is 12.5. The number of amides is 1. The van der Waals surface area contributed by atoms with Crippen molar-refractivity contribution < 1.29 is 9.59 Å². The Balaban J connectivity index is 2.32. The van der Waals surface area contributed by atoms with Crippen LogP contribution >= 0.6 is 0 Å². The minimum atomic E-state index is -1.03. The molecule has 2 aromatic rings. The number of ketones is 1. The summed E-state index contributed by atoms with van der Waals surface area (Å²) in [5.41, 5.74) is 1.04. The molecule has 1 atom stereocenters. The highest BCUT2D eigenvalue weighted by Gasteiger charge is 2.53. The van der Waals surface area contributed by atoms with Crippen LogP contribution in [0.15, 0.2) is 67.3 Å². The molecule has 3 nitrogen and oxygen atoms in total. The molecule has 22 heavy (non-hydrogen) atoms. The smallest absolute Gasteiger partial charge is 0.225 e. The average Bonchev–Trinajstić information content (AvgIpc) is 2.79. The fraction of sp³-hybridized carbons (Fsp3) is 0.158. The van der Waals surface area contributed by atoms with Crippen LogP contribution in [0.2, 0.25) is 0 Å². The fourth-order valence-electron chi connectivity index (χ4n) is 3.31. The van der Waals surface area contributed by atoms with Crippen LogP contribution in [-0.2, 0) is 10.3 Å². The van der Waals surface area contributed by atoms with Crippen molar-refractivity contribution in [2.24, 2.45) is 0 Å². The van der Waals surface area contributed by atoms with E-state index in [0.29, 0.717) is 17.7 Å². The van der Waals surface area contributed by atoms with Gasteiger partial charge < -0.3 is 0 Å². The molecule has 0 fully saturated rings. The van der Waals surface area contributed by atoms with Crippen molar-refractivity contribution in [3.05, 3.63) is 78.4 Å². The van der Waals surface area contributed by atoms with Crippen molar-refractivity contribution in [3.8, 4) is 0 Å². The second kappa shape index (κ2) is 5.26. The lowest BCUT2D eigenvalue weighted by Gasteiger charge is -2.36. The van der Waals surface area contributed by atoms with Crippen molar-refractivity contribution >= 4 is 17.4 Å². The van der Waals surface area contributed by atoms with Gasteiger partial charge in [-0.3, -0.25) is 14.5 Å². The van der Waals surface area contributed by atoms with Crippen LogP contribution in [0.5, 0.6) is 0 Å². The zero-order valence-electron chi connectivity index (χ0n) is 12.5. The van der Waals surface area contributed by atoms with Crippen molar-refractivity contribution in [3.63, 3.8) is 0 Å². The van der Waals surface area contributed by atoms with Crippen LogP contribution in [0, 0.1) is 0 Å². The minimum Gasteiger partial charge on any atom is -0.294 e. The van der Waals surface area contributed by atoms with E-state index < -0.39 is 5.54 Å². The number of rotatable bonds is 3. The predicted molar refractivity (Wildman–Crippen MR) is 86.9 cm³/mol. The molecule has 0 bridgehead atoms. The fourth-order valence-corrected chi connectivity index (χ4v) is 3.31. The number of fused-ring (bicyclic) bond motifs is 1. The molecule has 1 aliphatic heterocycles. The summed E-state index contributed by atoms with van der Waals surface area (Å²) in [6.45, 7) is 5.29. The maximum absolute atomic E-state index is 13.2. The molecule has 1 heterocycles. The first-order valence-corrected chi connectivity index (χ1v) is 7.24. The first-order chi connectivity index (χ1) is 10.6. The van der Waals surface area contributed by atoms with E-state index in [0.717, 1.165) is 5.56 Å². The molecule has 2 aromatic carbocycles. The third-order valence-electron chi connectivity index (χ3n) is 4.15. The van der Waals surface area contributed by atoms with E-state index in [4.69, 9.17) is 0 Å². The summed E-state index contributed by atoms with van der Waals surface area (Å²) in [6.07, 6.45) is 2.08. The van der Waals surface area contributed by atoms with Gasteiger partial charge in [0.1, 0.15) is 5.54 Å². The Morgan fingerprint density at radius 2 is 1.77 bits per heavy atom. The normalized spacial score (nSPS) is 19.9. The molecule has 0 radical (unpaired) electrons. The van der Waals surface area contributed by atoms with Gasteiger partial charge in [0.05, 0.1) is 5.69 Å². The van der Waals surface area contributed by atoms with Gasteiger partial charge in [0.25, 0.3) is 0 Å². The summed E-state index contributed by atoms with van der Waals surface area (Å²) in [6, 6.07) is 16.7. The largest absolute Gasteiger partial charge is 0.294 e. The number of carbonyl (C=O) groups excluding carboxylic acids is 2. The van der Waals surface area contributed by atoms with Crippen molar-refractivity contribution in [2.75, 3.05) is 4.90 Å². The number of hydrogen-bond donors (Lipinski definition) is 0. The van der Waals surface area contributed by atoms with Crippen LogP contribution in [-0.4, -0.2) is 11.7 Å². The molecule has 110 valence electrons. The molecule has 1 amide bonds. The van der Waals surface area contributed by atoms with Gasteiger partial charge in [-0.05, 0) is 17.7 Å². The molecule has 0 N–H and O–H groups in total. The summed E-state index contributed by atoms with van der Waals surface area (Å²) < 4.78 is 0. The highest BCUT2D eigenvalue weighted by Crippen LogP contribution is 2.47. The van der Waals surface area contributed by atoms with Crippen molar-refractivity contribution in [2.45, 2.75) is 18.9 Å². The lowest BCUT2D eigenvalue weighted by molar-refractivity contribution is -0.117. The van der Waals surface area contributed by atoms with Crippen LogP contribution in [0.4, 0.5) is 5.69 Å². The first-order valence-electron chi connectivity index (χ1n) is 7.24. The molecule has 0 saturated carbocycles. The monoisotopic (exact) mass is 291 g/mol. The Labute approximate surface area is 129 Å². The van der Waals surface area contributed by atoms with E-state index in [1.807, 2.05) is 48.5 Å². The topological polar surface area (TPSA) is 37.4 Å². The SMILES string of the molecule is C=CCC1(c2ccccc2)C(=O)c2ccccc2N1C(C)=O. The molecule has 1 unspecified atom stereocenters. The van der Waals surface area contributed by atoms with E-state index >= 15 is 0 Å². The number of para-hydroxylation sites is 1. The Morgan fingerprint density at radius 3 is 2.41 bits per heavy atom. The molecular formula is C19H17NO2. The number of benzene rings is 2. The van der Waals surface area contributed by atoms with Gasteiger partial charge >= 0.3 is 0 Å². The number of hydrogen-bond acceptors (Lipinski definition) is 2. The molecule has 1 aliphatic rings. The lowest BCUT2D eigenvalue weighted by atomic mass is 9.81. The molecule has 0 saturated heterocycles. The molecular weight excluding hydrogens is 274 g/mol. The summed E-state index contributed by atoms with van der Waals surface area (Å²) in [7, 11) is 0. The van der Waals surface area contributed by atoms with Gasteiger partial charge in [-0.2, -0.15) is 0 Å². The Hall–Kier alpha value is -2.68. The molecule has 3 rings (SSSR count). The summed E-state index contributed by atoms with van der Waals surface area (Å²) in [5, 5.41) is 0. The zero-order chi connectivity index (χ0) is 15.7. The van der Waals surface area contributed by atoms with Gasteiger partial charge in [-0.15, -0.1) is 6.58 Å². The van der Waals surface area contributed by atoms with Crippen LogP contribution in [0.25, 0.3) is 0 Å². The van der Waals surface area contributed by atoms with Gasteiger partial charge in [0.2, 0.25) is 5.91 Å². The Kier molecular flexibility index (Phi) is 3.41. The Bertz CT molecular complexity index is 751. The maximum atomic E-state index is 13.2. The number of carbonyl (C=O) groups is 2. The van der Waals surface area contributed by atoms with E-state index in [1.54, 1.807) is 17.0 Å². The highest BCUT2D eigenvalue weighted by atomic mass is 16.2. The van der Waals surface area contributed by atoms with Crippen LogP contribution in [0.1, 0.15) is 29.3 Å². The summed E-state index contributed by atoms with van der Waals surface area (Å²) >= 11 is 0. The van der Waals surface area contributed by atoms with Crippen molar-refractivity contribution in [1.82, 2.24) is 0 Å². The Morgan fingerprint density at radius 1 is 1.14 bits per heavy atom.